The predicted molar refractivity (Wildman–Crippen MR) is 113 cm³/mol. The molecule has 0 spiro atoms. The summed E-state index contributed by atoms with van der Waals surface area (Å²) >= 11 is 0. The van der Waals surface area contributed by atoms with Gasteiger partial charge < -0.3 is 18.9 Å². The lowest BCUT2D eigenvalue weighted by molar-refractivity contribution is -0.172. The molecule has 0 heterocycles. The second-order valence-electron chi connectivity index (χ2n) is 9.33. The van der Waals surface area contributed by atoms with E-state index in [1.54, 1.807) is 0 Å². The van der Waals surface area contributed by atoms with Crippen LogP contribution in [0.25, 0.3) is 0 Å². The highest BCUT2D eigenvalue weighted by molar-refractivity contribution is 5.78. The lowest BCUT2D eigenvalue weighted by Gasteiger charge is -2.33. The van der Waals surface area contributed by atoms with Crippen molar-refractivity contribution in [2.24, 2.45) is 23.7 Å². The van der Waals surface area contributed by atoms with E-state index in [2.05, 4.69) is 0 Å². The summed E-state index contributed by atoms with van der Waals surface area (Å²) in [5.74, 6) is -2.51. The summed E-state index contributed by atoms with van der Waals surface area (Å²) in [5.41, 5.74) is 0. The van der Waals surface area contributed by atoms with Crippen LogP contribution in [0.5, 0.6) is 0 Å². The lowest BCUT2D eigenvalue weighted by atomic mass is 9.81. The molecule has 0 aromatic heterocycles. The van der Waals surface area contributed by atoms with Gasteiger partial charge in [-0.25, -0.2) is 0 Å². The van der Waals surface area contributed by atoms with Gasteiger partial charge in [0.15, 0.2) is 0 Å². The molecule has 0 bridgehead atoms. The number of hydrogen-bond donors (Lipinski definition) is 0. The van der Waals surface area contributed by atoms with Crippen molar-refractivity contribution in [2.45, 2.75) is 89.3 Å². The first-order valence-corrected chi connectivity index (χ1v) is 12.0. The van der Waals surface area contributed by atoms with Crippen molar-refractivity contribution < 1.29 is 38.1 Å². The van der Waals surface area contributed by atoms with E-state index in [0.29, 0.717) is 51.4 Å². The first kappa shape index (κ1) is 24.5. The summed E-state index contributed by atoms with van der Waals surface area (Å²) in [6.07, 6.45) is 7.80. The fourth-order valence-electron chi connectivity index (χ4n) is 5.37. The molecule has 8 nitrogen and oxygen atoms in total. The van der Waals surface area contributed by atoms with Crippen LogP contribution in [0.2, 0.25) is 0 Å². The van der Waals surface area contributed by atoms with Gasteiger partial charge in [-0.1, -0.05) is 12.8 Å². The zero-order chi connectivity index (χ0) is 23.1. The minimum Gasteiger partial charge on any atom is -0.469 e. The number of hydrogen-bond acceptors (Lipinski definition) is 8. The van der Waals surface area contributed by atoms with Gasteiger partial charge in [-0.3, -0.25) is 19.2 Å². The van der Waals surface area contributed by atoms with Gasteiger partial charge in [0.05, 0.1) is 37.9 Å². The Balaban J connectivity index is 1.47. The van der Waals surface area contributed by atoms with E-state index >= 15 is 0 Å². The van der Waals surface area contributed by atoms with E-state index in [-0.39, 0.29) is 47.5 Å². The largest absolute Gasteiger partial charge is 0.469 e. The Hall–Kier alpha value is -2.12. The first-order valence-electron chi connectivity index (χ1n) is 12.0. The average molecular weight is 453 g/mol. The van der Waals surface area contributed by atoms with Gasteiger partial charge in [-0.05, 0) is 64.2 Å². The molecule has 0 amide bonds. The molecule has 3 saturated carbocycles. The minimum absolute atomic E-state index is 0.267. The number of ether oxygens (including phenoxy) is 4. The third-order valence-electron chi connectivity index (χ3n) is 7.34. The molecule has 0 N–H and O–H groups in total. The molecule has 0 aromatic carbocycles. The second kappa shape index (κ2) is 11.7. The van der Waals surface area contributed by atoms with E-state index in [0.717, 1.165) is 25.7 Å². The highest BCUT2D eigenvalue weighted by atomic mass is 16.6. The first-order chi connectivity index (χ1) is 15.4. The maximum atomic E-state index is 12.7. The van der Waals surface area contributed by atoms with E-state index in [4.69, 9.17) is 18.9 Å². The smallest absolute Gasteiger partial charge is 0.312 e. The highest BCUT2D eigenvalue weighted by Gasteiger charge is 2.39. The van der Waals surface area contributed by atoms with Gasteiger partial charge >= 0.3 is 23.9 Å². The summed E-state index contributed by atoms with van der Waals surface area (Å²) in [6.45, 7) is 0. The standard InChI is InChI=1S/C24H36O8/c1-29-23(27)17-7-3-5-9-19(17)31-21(25)15-11-13-16(14-12-15)22(26)32-20-10-6-4-8-18(20)24(28)30-2/h15-20H,3-14H2,1-2H3. The van der Waals surface area contributed by atoms with Crippen LogP contribution in [0.3, 0.4) is 0 Å². The zero-order valence-electron chi connectivity index (χ0n) is 19.2. The molecule has 3 aliphatic rings. The number of rotatable bonds is 6. The van der Waals surface area contributed by atoms with Crippen molar-refractivity contribution in [3.8, 4) is 0 Å². The van der Waals surface area contributed by atoms with Crippen molar-refractivity contribution in [1.82, 2.24) is 0 Å². The molecule has 3 fully saturated rings. The molecule has 3 aliphatic carbocycles. The number of carbonyl (C=O) groups is 4. The van der Waals surface area contributed by atoms with Crippen LogP contribution in [0.1, 0.15) is 77.0 Å². The van der Waals surface area contributed by atoms with Crippen LogP contribution < -0.4 is 0 Å². The predicted octanol–water partition coefficient (Wildman–Crippen LogP) is 3.34. The fourth-order valence-corrected chi connectivity index (χ4v) is 5.37. The van der Waals surface area contributed by atoms with Crippen molar-refractivity contribution >= 4 is 23.9 Å². The van der Waals surface area contributed by atoms with Gasteiger partial charge in [0, 0.05) is 0 Å². The maximum Gasteiger partial charge on any atom is 0.312 e. The summed E-state index contributed by atoms with van der Waals surface area (Å²) in [7, 11) is 2.72. The average Bonchev–Trinajstić information content (AvgIpc) is 2.83. The highest BCUT2D eigenvalue weighted by Crippen LogP contribution is 2.35. The Kier molecular flexibility index (Phi) is 8.93. The normalized spacial score (nSPS) is 32.9. The molecule has 0 aromatic rings. The molecule has 8 heteroatoms. The van der Waals surface area contributed by atoms with Gasteiger partial charge in [0.25, 0.3) is 0 Å². The van der Waals surface area contributed by atoms with Gasteiger partial charge in [0.1, 0.15) is 12.2 Å². The SMILES string of the molecule is COC(=O)C1CCCCC1OC(=O)C1CCC(C(=O)OC2CCCCC2C(=O)OC)CC1. The molecule has 0 aliphatic heterocycles. The molecular weight excluding hydrogens is 416 g/mol. The Labute approximate surface area is 189 Å². The van der Waals surface area contributed by atoms with Gasteiger partial charge in [0.2, 0.25) is 0 Å². The number of esters is 4. The number of carbonyl (C=O) groups excluding carboxylic acids is 4. The number of methoxy groups -OCH3 is 2. The molecule has 3 rings (SSSR count). The van der Waals surface area contributed by atoms with Crippen LogP contribution in [0.15, 0.2) is 0 Å². The molecule has 0 radical (unpaired) electrons. The van der Waals surface area contributed by atoms with Gasteiger partial charge in [-0.2, -0.15) is 0 Å². The third kappa shape index (κ3) is 6.01. The van der Waals surface area contributed by atoms with Crippen LogP contribution in [-0.2, 0) is 38.1 Å². The van der Waals surface area contributed by atoms with Crippen molar-refractivity contribution in [1.29, 1.82) is 0 Å². The molecule has 180 valence electrons. The minimum atomic E-state index is -0.423. The Bertz CT molecular complexity index is 623. The van der Waals surface area contributed by atoms with E-state index < -0.39 is 12.2 Å². The quantitative estimate of drug-likeness (QED) is 0.446. The Morgan fingerprint density at radius 2 is 0.844 bits per heavy atom. The van der Waals surface area contributed by atoms with Crippen molar-refractivity contribution in [3.05, 3.63) is 0 Å². The van der Waals surface area contributed by atoms with E-state index in [9.17, 15) is 19.2 Å². The molecule has 4 unspecified atom stereocenters. The second-order valence-corrected chi connectivity index (χ2v) is 9.33. The van der Waals surface area contributed by atoms with E-state index in [1.807, 2.05) is 0 Å². The Morgan fingerprint density at radius 3 is 1.19 bits per heavy atom. The van der Waals surface area contributed by atoms with Crippen LogP contribution in [0, 0.1) is 23.7 Å². The summed E-state index contributed by atoms with van der Waals surface area (Å²) in [5, 5.41) is 0. The van der Waals surface area contributed by atoms with Crippen molar-refractivity contribution in [3.63, 3.8) is 0 Å². The summed E-state index contributed by atoms with van der Waals surface area (Å²) < 4.78 is 21.2. The summed E-state index contributed by atoms with van der Waals surface area (Å²) in [6, 6.07) is 0. The molecule has 4 atom stereocenters. The van der Waals surface area contributed by atoms with Crippen LogP contribution >= 0.6 is 0 Å². The zero-order valence-corrected chi connectivity index (χ0v) is 19.2. The third-order valence-corrected chi connectivity index (χ3v) is 7.34. The lowest BCUT2D eigenvalue weighted by Crippen LogP contribution is -2.39. The molecule has 0 saturated heterocycles. The summed E-state index contributed by atoms with van der Waals surface area (Å²) in [4.78, 5) is 49.5. The Morgan fingerprint density at radius 1 is 0.500 bits per heavy atom. The monoisotopic (exact) mass is 452 g/mol. The van der Waals surface area contributed by atoms with Crippen molar-refractivity contribution in [2.75, 3.05) is 14.2 Å². The van der Waals surface area contributed by atoms with Crippen LogP contribution in [-0.4, -0.2) is 50.3 Å². The molecular formula is C24H36O8. The fraction of sp³-hybridized carbons (Fsp3) is 0.833. The van der Waals surface area contributed by atoms with Gasteiger partial charge in [-0.15, -0.1) is 0 Å². The molecule has 32 heavy (non-hydrogen) atoms. The van der Waals surface area contributed by atoms with E-state index in [1.165, 1.54) is 14.2 Å². The topological polar surface area (TPSA) is 105 Å². The maximum absolute atomic E-state index is 12.7. The van der Waals surface area contributed by atoms with Crippen LogP contribution in [0.4, 0.5) is 0 Å².